The Bertz CT molecular complexity index is 1220. The molecule has 0 fully saturated rings. The first kappa shape index (κ1) is 18.5. The Morgan fingerprint density at radius 1 is 1.10 bits per heavy atom. The monoisotopic (exact) mass is 416 g/mol. The van der Waals surface area contributed by atoms with Gasteiger partial charge >= 0.3 is 0 Å². The van der Waals surface area contributed by atoms with Gasteiger partial charge in [0.25, 0.3) is 0 Å². The second-order valence-electron chi connectivity index (χ2n) is 7.53. The van der Waals surface area contributed by atoms with Gasteiger partial charge in [0, 0.05) is 39.7 Å². The summed E-state index contributed by atoms with van der Waals surface area (Å²) in [6, 6.07) is 16.3. The number of hydrogen-bond acceptors (Lipinski definition) is 5. The first-order valence-electron chi connectivity index (χ1n) is 9.64. The van der Waals surface area contributed by atoms with Crippen LogP contribution in [0.2, 0.25) is 5.02 Å². The van der Waals surface area contributed by atoms with Gasteiger partial charge in [-0.1, -0.05) is 29.8 Å². The maximum Gasteiger partial charge on any atom is 0.245 e. The molecule has 2 aliphatic heterocycles. The van der Waals surface area contributed by atoms with E-state index in [2.05, 4.69) is 11.4 Å². The van der Waals surface area contributed by atoms with E-state index in [-0.39, 0.29) is 17.2 Å². The van der Waals surface area contributed by atoms with Crippen molar-refractivity contribution in [3.8, 4) is 6.07 Å². The summed E-state index contributed by atoms with van der Waals surface area (Å²) < 4.78 is 0. The van der Waals surface area contributed by atoms with E-state index in [0.29, 0.717) is 52.5 Å². The fraction of sp³-hybridized carbons (Fsp3) is 0.174. The van der Waals surface area contributed by atoms with Crippen LogP contribution in [-0.4, -0.2) is 11.7 Å². The Labute approximate surface area is 178 Å². The number of benzene rings is 2. The maximum absolute atomic E-state index is 13.4. The molecule has 7 heteroatoms. The van der Waals surface area contributed by atoms with Gasteiger partial charge in [0.1, 0.15) is 17.3 Å². The number of halogens is 1. The lowest BCUT2D eigenvalue weighted by Crippen LogP contribution is -2.50. The Hall–Kier alpha value is -3.56. The lowest BCUT2D eigenvalue weighted by atomic mass is 9.64. The summed E-state index contributed by atoms with van der Waals surface area (Å²) in [6.07, 6.45) is 1.54. The number of amides is 1. The van der Waals surface area contributed by atoms with E-state index in [1.807, 2.05) is 0 Å². The normalized spacial score (nSPS) is 22.7. The Morgan fingerprint density at radius 3 is 2.57 bits per heavy atom. The van der Waals surface area contributed by atoms with Crippen LogP contribution in [0.3, 0.4) is 0 Å². The number of allylic oxidation sites excluding steroid dienone is 1. The van der Waals surface area contributed by atoms with Crippen molar-refractivity contribution in [2.75, 3.05) is 10.2 Å². The smallest absolute Gasteiger partial charge is 0.245 e. The molecule has 2 aromatic rings. The van der Waals surface area contributed by atoms with Crippen LogP contribution in [0.1, 0.15) is 24.8 Å². The Balaban J connectivity index is 1.87. The summed E-state index contributed by atoms with van der Waals surface area (Å²) in [5.74, 6) is -0.399. The second kappa shape index (κ2) is 6.48. The van der Waals surface area contributed by atoms with Crippen LogP contribution in [0, 0.1) is 11.3 Å². The van der Waals surface area contributed by atoms with Crippen molar-refractivity contribution in [3.05, 3.63) is 81.8 Å². The zero-order valence-electron chi connectivity index (χ0n) is 15.9. The summed E-state index contributed by atoms with van der Waals surface area (Å²) in [4.78, 5) is 28.4. The zero-order valence-corrected chi connectivity index (χ0v) is 16.7. The molecule has 148 valence electrons. The van der Waals surface area contributed by atoms with Crippen molar-refractivity contribution in [1.29, 1.82) is 5.26 Å². The Morgan fingerprint density at radius 2 is 1.83 bits per heavy atom. The lowest BCUT2D eigenvalue weighted by molar-refractivity contribution is -0.122. The van der Waals surface area contributed by atoms with E-state index in [9.17, 15) is 14.9 Å². The number of hydrogen-bond donors (Lipinski definition) is 2. The van der Waals surface area contributed by atoms with E-state index < -0.39 is 11.3 Å². The minimum absolute atomic E-state index is 0.0638. The lowest BCUT2D eigenvalue weighted by Gasteiger charge is -2.43. The van der Waals surface area contributed by atoms with Crippen LogP contribution in [0.5, 0.6) is 0 Å². The van der Waals surface area contributed by atoms with E-state index in [1.54, 1.807) is 53.4 Å². The molecule has 3 aliphatic rings. The molecular formula is C23H17ClN4O2. The molecule has 6 nitrogen and oxygen atoms in total. The van der Waals surface area contributed by atoms with Gasteiger partial charge in [0.2, 0.25) is 5.91 Å². The van der Waals surface area contributed by atoms with Gasteiger partial charge in [-0.2, -0.15) is 5.26 Å². The molecule has 3 N–H and O–H groups in total. The number of para-hydroxylation sites is 1. The van der Waals surface area contributed by atoms with Gasteiger partial charge in [-0.25, -0.2) is 0 Å². The van der Waals surface area contributed by atoms with Gasteiger partial charge < -0.3 is 11.1 Å². The van der Waals surface area contributed by atoms with Gasteiger partial charge in [-0.3, -0.25) is 14.5 Å². The van der Waals surface area contributed by atoms with Crippen LogP contribution in [0.4, 0.5) is 11.4 Å². The highest BCUT2D eigenvalue weighted by molar-refractivity contribution is 6.30. The van der Waals surface area contributed by atoms with E-state index in [4.69, 9.17) is 17.3 Å². The maximum atomic E-state index is 13.4. The molecule has 0 radical (unpaired) electrons. The first-order chi connectivity index (χ1) is 14.5. The number of rotatable bonds is 1. The molecule has 0 aromatic heterocycles. The van der Waals surface area contributed by atoms with Crippen LogP contribution in [0.15, 0.2) is 71.2 Å². The zero-order chi connectivity index (χ0) is 21.0. The van der Waals surface area contributed by atoms with Crippen LogP contribution in [-0.2, 0) is 15.0 Å². The third-order valence-corrected chi connectivity index (χ3v) is 6.27. The van der Waals surface area contributed by atoms with Crippen molar-refractivity contribution in [1.82, 2.24) is 0 Å². The number of carbonyl (C=O) groups excluding carboxylic acids is 2. The fourth-order valence-electron chi connectivity index (χ4n) is 4.83. The SMILES string of the molecule is N#CC1=C(N)N(c2ccc(Cl)cc2)C2=C(C(=O)CCC2)C12C(=O)Nc1ccccc12. The van der Waals surface area contributed by atoms with Crippen LogP contribution < -0.4 is 16.0 Å². The molecule has 5 rings (SSSR count). The predicted octanol–water partition coefficient (Wildman–Crippen LogP) is 3.75. The van der Waals surface area contributed by atoms with Crippen molar-refractivity contribution in [2.45, 2.75) is 24.7 Å². The molecule has 0 saturated carbocycles. The Kier molecular flexibility index (Phi) is 3.99. The standard InChI is InChI=1S/C23H17ClN4O2/c24-13-8-10-14(11-9-13)28-18-6-3-7-19(29)20(18)23(16(12-25)21(28)26)15-4-1-2-5-17(15)27-22(23)30/h1-2,4-5,8-11H,3,6-7,26H2,(H,27,30). The minimum Gasteiger partial charge on any atom is -0.384 e. The van der Waals surface area contributed by atoms with Gasteiger partial charge in [0.15, 0.2) is 5.78 Å². The summed E-state index contributed by atoms with van der Waals surface area (Å²) in [7, 11) is 0. The summed E-state index contributed by atoms with van der Waals surface area (Å²) in [5.41, 5.74) is 7.97. The molecule has 2 heterocycles. The van der Waals surface area contributed by atoms with E-state index >= 15 is 0 Å². The molecule has 1 spiro atoms. The average Bonchev–Trinajstić information content (AvgIpc) is 3.02. The molecule has 1 aliphatic carbocycles. The average molecular weight is 417 g/mol. The highest BCUT2D eigenvalue weighted by Crippen LogP contribution is 2.54. The second-order valence-corrected chi connectivity index (χ2v) is 7.97. The van der Waals surface area contributed by atoms with Crippen LogP contribution in [0.25, 0.3) is 0 Å². The number of nitrogens with zero attached hydrogens (tertiary/aromatic N) is 2. The highest BCUT2D eigenvalue weighted by Gasteiger charge is 2.59. The van der Waals surface area contributed by atoms with E-state index in [1.165, 1.54) is 0 Å². The molecular weight excluding hydrogens is 400 g/mol. The molecule has 2 aromatic carbocycles. The van der Waals surface area contributed by atoms with Crippen molar-refractivity contribution in [3.63, 3.8) is 0 Å². The fourth-order valence-corrected chi connectivity index (χ4v) is 4.96. The van der Waals surface area contributed by atoms with Crippen LogP contribution >= 0.6 is 11.6 Å². The number of fused-ring (bicyclic) bond motifs is 3. The third-order valence-electron chi connectivity index (χ3n) is 6.02. The number of ketones is 1. The predicted molar refractivity (Wildman–Crippen MR) is 113 cm³/mol. The van der Waals surface area contributed by atoms with Gasteiger partial charge in [-0.05, 0) is 43.2 Å². The highest BCUT2D eigenvalue weighted by atomic mass is 35.5. The third kappa shape index (κ3) is 2.24. The number of nitriles is 1. The molecule has 1 amide bonds. The summed E-state index contributed by atoms with van der Waals surface area (Å²) in [6.45, 7) is 0. The minimum atomic E-state index is -1.52. The molecule has 0 saturated heterocycles. The quantitative estimate of drug-likeness (QED) is 0.737. The van der Waals surface area contributed by atoms with Crippen molar-refractivity contribution < 1.29 is 9.59 Å². The number of nitrogens with two attached hydrogens (primary N) is 1. The van der Waals surface area contributed by atoms with Gasteiger partial charge in [-0.15, -0.1) is 0 Å². The molecule has 1 unspecified atom stereocenters. The number of Topliss-reactive ketones (excluding diaryl/α,β-unsaturated/α-hetero) is 1. The first-order valence-corrected chi connectivity index (χ1v) is 10.0. The topological polar surface area (TPSA) is 99.2 Å². The van der Waals surface area contributed by atoms with E-state index in [0.717, 1.165) is 0 Å². The number of nitrogens with one attached hydrogen (secondary N) is 1. The molecule has 1 atom stereocenters. The van der Waals surface area contributed by atoms with Crippen molar-refractivity contribution in [2.24, 2.45) is 5.73 Å². The summed E-state index contributed by atoms with van der Waals surface area (Å²) in [5, 5.41) is 13.6. The van der Waals surface area contributed by atoms with Crippen molar-refractivity contribution >= 4 is 34.7 Å². The summed E-state index contributed by atoms with van der Waals surface area (Å²) >= 11 is 6.04. The molecule has 30 heavy (non-hydrogen) atoms. The largest absolute Gasteiger partial charge is 0.384 e. The number of carbonyl (C=O) groups is 2. The van der Waals surface area contributed by atoms with Gasteiger partial charge in [0.05, 0.1) is 5.57 Å². The number of anilines is 2. The molecule has 0 bridgehead atoms.